The van der Waals surface area contributed by atoms with Gasteiger partial charge in [0.15, 0.2) is 0 Å². The van der Waals surface area contributed by atoms with Crippen LogP contribution >= 0.6 is 15.9 Å². The van der Waals surface area contributed by atoms with Gasteiger partial charge in [0.2, 0.25) is 0 Å². The Hall–Kier alpha value is -0.540. The Kier molecular flexibility index (Phi) is 4.86. The molecular weight excluding hydrogens is 278 g/mol. The summed E-state index contributed by atoms with van der Waals surface area (Å²) < 4.78 is 6.76. The Bertz CT molecular complexity index is 361. The highest BCUT2D eigenvalue weighted by molar-refractivity contribution is 9.10. The Morgan fingerprint density at radius 2 is 2.12 bits per heavy atom. The van der Waals surface area contributed by atoms with Gasteiger partial charge >= 0.3 is 0 Å². The molecule has 2 rings (SSSR count). The summed E-state index contributed by atoms with van der Waals surface area (Å²) in [7, 11) is 0. The lowest BCUT2D eigenvalue weighted by atomic mass is 10.1. The van der Waals surface area contributed by atoms with Gasteiger partial charge in [-0.25, -0.2) is 0 Å². The molecule has 0 atom stereocenters. The Labute approximate surface area is 112 Å². The van der Waals surface area contributed by atoms with Crippen LogP contribution in [0.5, 0.6) is 5.75 Å². The first-order valence-electron chi connectivity index (χ1n) is 6.44. The molecule has 0 unspecified atom stereocenters. The van der Waals surface area contributed by atoms with Gasteiger partial charge in [-0.15, -0.1) is 0 Å². The number of rotatable bonds is 5. The second kappa shape index (κ2) is 6.41. The van der Waals surface area contributed by atoms with Crippen molar-refractivity contribution in [3.05, 3.63) is 28.2 Å². The SMILES string of the molecule is CCOc1ccc(Br)cc1CNC1CCCC1. The Morgan fingerprint density at radius 3 is 2.82 bits per heavy atom. The molecule has 1 saturated carbocycles. The van der Waals surface area contributed by atoms with Gasteiger partial charge in [0, 0.05) is 22.6 Å². The molecule has 0 bridgehead atoms. The minimum atomic E-state index is 0.698. The van der Waals surface area contributed by atoms with Gasteiger partial charge in [0.05, 0.1) is 6.61 Å². The third-order valence-electron chi connectivity index (χ3n) is 3.26. The van der Waals surface area contributed by atoms with Crippen molar-refractivity contribution in [1.29, 1.82) is 0 Å². The van der Waals surface area contributed by atoms with Gasteiger partial charge in [-0.05, 0) is 38.0 Å². The summed E-state index contributed by atoms with van der Waals surface area (Å²) in [6, 6.07) is 6.92. The monoisotopic (exact) mass is 297 g/mol. The van der Waals surface area contributed by atoms with Crippen molar-refractivity contribution >= 4 is 15.9 Å². The van der Waals surface area contributed by atoms with E-state index in [2.05, 4.69) is 27.3 Å². The molecule has 0 aromatic heterocycles. The number of ether oxygens (including phenoxy) is 1. The van der Waals surface area contributed by atoms with Crippen LogP contribution in [-0.2, 0) is 6.54 Å². The molecule has 0 saturated heterocycles. The first-order chi connectivity index (χ1) is 8.29. The van der Waals surface area contributed by atoms with E-state index in [0.717, 1.165) is 23.4 Å². The third kappa shape index (κ3) is 3.71. The maximum atomic E-state index is 5.65. The van der Waals surface area contributed by atoms with Gasteiger partial charge in [0.1, 0.15) is 5.75 Å². The number of hydrogen-bond donors (Lipinski definition) is 1. The van der Waals surface area contributed by atoms with Crippen molar-refractivity contribution in [2.45, 2.75) is 45.2 Å². The van der Waals surface area contributed by atoms with E-state index in [1.54, 1.807) is 0 Å². The molecule has 1 aliphatic carbocycles. The number of hydrogen-bond acceptors (Lipinski definition) is 2. The fourth-order valence-corrected chi connectivity index (χ4v) is 2.78. The predicted octanol–water partition coefficient (Wildman–Crippen LogP) is 3.88. The summed E-state index contributed by atoms with van der Waals surface area (Å²) in [6.07, 6.45) is 5.37. The average molecular weight is 298 g/mol. The lowest BCUT2D eigenvalue weighted by molar-refractivity contribution is 0.334. The summed E-state index contributed by atoms with van der Waals surface area (Å²) >= 11 is 3.52. The molecule has 1 aromatic rings. The molecule has 2 nitrogen and oxygen atoms in total. The van der Waals surface area contributed by atoms with Crippen molar-refractivity contribution in [1.82, 2.24) is 5.32 Å². The molecule has 0 spiro atoms. The molecule has 1 fully saturated rings. The maximum Gasteiger partial charge on any atom is 0.123 e. The van der Waals surface area contributed by atoms with E-state index >= 15 is 0 Å². The van der Waals surface area contributed by atoms with Crippen molar-refractivity contribution in [3.63, 3.8) is 0 Å². The highest BCUT2D eigenvalue weighted by Gasteiger charge is 2.14. The maximum absolute atomic E-state index is 5.65. The van der Waals surface area contributed by atoms with Gasteiger partial charge in [-0.3, -0.25) is 0 Å². The van der Waals surface area contributed by atoms with Gasteiger partial charge in [0.25, 0.3) is 0 Å². The summed E-state index contributed by atoms with van der Waals surface area (Å²) in [5.74, 6) is 1.00. The fraction of sp³-hybridized carbons (Fsp3) is 0.571. The van der Waals surface area contributed by atoms with Crippen LogP contribution in [0.1, 0.15) is 38.2 Å². The minimum absolute atomic E-state index is 0.698. The second-order valence-electron chi connectivity index (χ2n) is 4.55. The molecule has 17 heavy (non-hydrogen) atoms. The largest absolute Gasteiger partial charge is 0.494 e. The van der Waals surface area contributed by atoms with Crippen LogP contribution in [0.25, 0.3) is 0 Å². The molecule has 1 aliphatic rings. The molecule has 0 aliphatic heterocycles. The quantitative estimate of drug-likeness (QED) is 0.890. The Morgan fingerprint density at radius 1 is 1.35 bits per heavy atom. The predicted molar refractivity (Wildman–Crippen MR) is 74.4 cm³/mol. The molecule has 94 valence electrons. The standard InChI is InChI=1S/C14H20BrNO/c1-2-17-14-8-7-12(15)9-11(14)10-16-13-5-3-4-6-13/h7-9,13,16H,2-6,10H2,1H3. The van der Waals surface area contributed by atoms with Crippen molar-refractivity contribution < 1.29 is 4.74 Å². The second-order valence-corrected chi connectivity index (χ2v) is 5.46. The van der Waals surface area contributed by atoms with Crippen molar-refractivity contribution in [3.8, 4) is 5.75 Å². The van der Waals surface area contributed by atoms with Crippen LogP contribution in [0.3, 0.4) is 0 Å². The number of nitrogens with one attached hydrogen (secondary N) is 1. The zero-order chi connectivity index (χ0) is 12.1. The molecular formula is C14H20BrNO. The molecule has 3 heteroatoms. The summed E-state index contributed by atoms with van der Waals surface area (Å²) in [4.78, 5) is 0. The lowest BCUT2D eigenvalue weighted by Gasteiger charge is -2.15. The fourth-order valence-electron chi connectivity index (χ4n) is 2.37. The number of halogens is 1. The molecule has 0 radical (unpaired) electrons. The van der Waals surface area contributed by atoms with Gasteiger partial charge in [-0.1, -0.05) is 28.8 Å². The van der Waals surface area contributed by atoms with E-state index in [-0.39, 0.29) is 0 Å². The topological polar surface area (TPSA) is 21.3 Å². The average Bonchev–Trinajstić information content (AvgIpc) is 2.82. The highest BCUT2D eigenvalue weighted by Crippen LogP contribution is 2.24. The van der Waals surface area contributed by atoms with E-state index < -0.39 is 0 Å². The van der Waals surface area contributed by atoms with E-state index in [9.17, 15) is 0 Å². The van der Waals surface area contributed by atoms with Gasteiger partial charge < -0.3 is 10.1 Å². The molecule has 1 N–H and O–H groups in total. The summed E-state index contributed by atoms with van der Waals surface area (Å²) in [5.41, 5.74) is 1.24. The van der Waals surface area contributed by atoms with Crippen molar-refractivity contribution in [2.75, 3.05) is 6.61 Å². The van der Waals surface area contributed by atoms with Crippen LogP contribution in [0.4, 0.5) is 0 Å². The van der Waals surface area contributed by atoms with E-state index in [4.69, 9.17) is 4.74 Å². The highest BCUT2D eigenvalue weighted by atomic mass is 79.9. The summed E-state index contributed by atoms with van der Waals surface area (Å²) in [6.45, 7) is 3.65. The molecule has 0 amide bonds. The van der Waals surface area contributed by atoms with Crippen LogP contribution in [0.15, 0.2) is 22.7 Å². The molecule has 1 aromatic carbocycles. The van der Waals surface area contributed by atoms with Crippen LogP contribution in [0.2, 0.25) is 0 Å². The lowest BCUT2D eigenvalue weighted by Crippen LogP contribution is -2.25. The smallest absolute Gasteiger partial charge is 0.123 e. The molecule has 0 heterocycles. The van der Waals surface area contributed by atoms with E-state index in [1.807, 2.05) is 19.1 Å². The van der Waals surface area contributed by atoms with E-state index in [1.165, 1.54) is 31.2 Å². The first-order valence-corrected chi connectivity index (χ1v) is 7.23. The zero-order valence-electron chi connectivity index (χ0n) is 10.3. The van der Waals surface area contributed by atoms with Crippen LogP contribution in [-0.4, -0.2) is 12.6 Å². The van der Waals surface area contributed by atoms with E-state index in [0.29, 0.717) is 6.04 Å². The van der Waals surface area contributed by atoms with Gasteiger partial charge in [-0.2, -0.15) is 0 Å². The van der Waals surface area contributed by atoms with Crippen LogP contribution < -0.4 is 10.1 Å². The third-order valence-corrected chi connectivity index (χ3v) is 3.75. The minimum Gasteiger partial charge on any atom is -0.494 e. The number of benzene rings is 1. The van der Waals surface area contributed by atoms with Crippen LogP contribution in [0, 0.1) is 0 Å². The Balaban J connectivity index is 1.99. The zero-order valence-corrected chi connectivity index (χ0v) is 11.9. The first kappa shape index (κ1) is 12.9. The van der Waals surface area contributed by atoms with Crippen molar-refractivity contribution in [2.24, 2.45) is 0 Å². The summed E-state index contributed by atoms with van der Waals surface area (Å²) in [5, 5.41) is 3.62. The normalized spacial score (nSPS) is 16.4.